The second-order valence-electron chi connectivity index (χ2n) is 6.81. The molecule has 27 heavy (non-hydrogen) atoms. The van der Waals surface area contributed by atoms with E-state index in [0.29, 0.717) is 11.3 Å². The Hall–Kier alpha value is -3.12. The highest BCUT2D eigenvalue weighted by Gasteiger charge is 2.31. The zero-order chi connectivity index (χ0) is 18.8. The molecule has 138 valence electrons. The number of fused-ring (bicyclic) bond motifs is 1. The Labute approximate surface area is 156 Å². The summed E-state index contributed by atoms with van der Waals surface area (Å²) in [6.45, 7) is 1.60. The molecule has 0 spiro atoms. The van der Waals surface area contributed by atoms with Gasteiger partial charge in [-0.05, 0) is 50.2 Å². The average molecular weight is 363 g/mol. The number of carboxylic acids is 1. The lowest BCUT2D eigenvalue weighted by Crippen LogP contribution is -2.31. The average Bonchev–Trinajstić information content (AvgIpc) is 3.33. The number of aromatic nitrogens is 1. The van der Waals surface area contributed by atoms with Gasteiger partial charge < -0.3 is 15.4 Å². The van der Waals surface area contributed by atoms with Gasteiger partial charge in [-0.3, -0.25) is 14.5 Å². The Morgan fingerprint density at radius 2 is 1.81 bits per heavy atom. The molecule has 2 heterocycles. The molecular formula is C21H21N3O3. The maximum absolute atomic E-state index is 12.3. The molecule has 0 saturated carbocycles. The summed E-state index contributed by atoms with van der Waals surface area (Å²) in [5.74, 6) is -1.01. The molecule has 6 nitrogen and oxygen atoms in total. The molecule has 0 aliphatic carbocycles. The van der Waals surface area contributed by atoms with Crippen molar-refractivity contribution in [3.05, 3.63) is 65.9 Å². The van der Waals surface area contributed by atoms with Crippen LogP contribution in [0.15, 0.2) is 54.7 Å². The van der Waals surface area contributed by atoms with Gasteiger partial charge in [-0.2, -0.15) is 0 Å². The fraction of sp³-hybridized carbons (Fsp3) is 0.238. The molecule has 0 radical (unpaired) electrons. The van der Waals surface area contributed by atoms with Gasteiger partial charge in [0.2, 0.25) is 0 Å². The Morgan fingerprint density at radius 1 is 1.07 bits per heavy atom. The number of aromatic amines is 1. The van der Waals surface area contributed by atoms with E-state index in [9.17, 15) is 14.7 Å². The lowest BCUT2D eigenvalue weighted by atomic mass is 10.0. The third-order valence-electron chi connectivity index (χ3n) is 5.04. The Kier molecular flexibility index (Phi) is 4.64. The minimum absolute atomic E-state index is 0.179. The van der Waals surface area contributed by atoms with Crippen molar-refractivity contribution >= 4 is 28.5 Å². The van der Waals surface area contributed by atoms with Crippen LogP contribution < -0.4 is 5.32 Å². The number of carbonyl (C=O) groups excluding carboxylic acids is 1. The van der Waals surface area contributed by atoms with Crippen LogP contribution in [0.5, 0.6) is 0 Å². The van der Waals surface area contributed by atoms with E-state index in [1.54, 1.807) is 18.3 Å². The van der Waals surface area contributed by atoms with Crippen molar-refractivity contribution < 1.29 is 14.7 Å². The van der Waals surface area contributed by atoms with E-state index in [4.69, 9.17) is 0 Å². The van der Waals surface area contributed by atoms with Gasteiger partial charge in [0.15, 0.2) is 0 Å². The summed E-state index contributed by atoms with van der Waals surface area (Å²) >= 11 is 0. The summed E-state index contributed by atoms with van der Waals surface area (Å²) in [5.41, 5.74) is 2.82. The number of H-pyrrole nitrogens is 1. The molecule has 1 aromatic heterocycles. The quantitative estimate of drug-likeness (QED) is 0.646. The van der Waals surface area contributed by atoms with Crippen LogP contribution in [0.25, 0.3) is 10.9 Å². The van der Waals surface area contributed by atoms with Crippen molar-refractivity contribution in [2.45, 2.75) is 18.9 Å². The second kappa shape index (κ2) is 7.25. The first-order chi connectivity index (χ1) is 13.1. The van der Waals surface area contributed by atoms with Crippen LogP contribution in [-0.2, 0) is 4.79 Å². The van der Waals surface area contributed by atoms with Crippen molar-refractivity contribution in [1.29, 1.82) is 0 Å². The minimum atomic E-state index is -0.834. The number of rotatable bonds is 5. The van der Waals surface area contributed by atoms with Crippen molar-refractivity contribution in [2.24, 2.45) is 0 Å². The minimum Gasteiger partial charge on any atom is -0.480 e. The normalized spacial score (nSPS) is 15.7. The first-order valence-corrected chi connectivity index (χ1v) is 9.08. The van der Waals surface area contributed by atoms with Gasteiger partial charge >= 0.3 is 5.97 Å². The van der Waals surface area contributed by atoms with Gasteiger partial charge in [0.05, 0.1) is 0 Å². The van der Waals surface area contributed by atoms with Crippen molar-refractivity contribution in [2.75, 3.05) is 18.4 Å². The molecule has 1 amide bonds. The molecule has 3 aromatic rings. The highest BCUT2D eigenvalue weighted by Crippen LogP contribution is 2.32. The fourth-order valence-corrected chi connectivity index (χ4v) is 3.73. The topological polar surface area (TPSA) is 85.4 Å². The van der Waals surface area contributed by atoms with E-state index in [0.717, 1.165) is 42.4 Å². The molecule has 0 bridgehead atoms. The van der Waals surface area contributed by atoms with Gasteiger partial charge in [-0.1, -0.05) is 24.3 Å². The molecule has 1 aliphatic rings. The SMILES string of the molecule is O=C(Nc1ccc2c([C@H](C(=O)O)N3CCCC3)c[nH]c2c1)c1ccccc1. The van der Waals surface area contributed by atoms with E-state index < -0.39 is 12.0 Å². The lowest BCUT2D eigenvalue weighted by Gasteiger charge is -2.23. The zero-order valence-corrected chi connectivity index (χ0v) is 14.8. The number of hydrogen-bond acceptors (Lipinski definition) is 3. The third kappa shape index (κ3) is 3.44. The number of likely N-dealkylation sites (tertiary alicyclic amines) is 1. The van der Waals surface area contributed by atoms with Crippen LogP contribution in [0, 0.1) is 0 Å². The van der Waals surface area contributed by atoms with Gasteiger partial charge in [-0.15, -0.1) is 0 Å². The van der Waals surface area contributed by atoms with Crippen LogP contribution in [0.2, 0.25) is 0 Å². The summed E-state index contributed by atoms with van der Waals surface area (Å²) < 4.78 is 0. The smallest absolute Gasteiger partial charge is 0.325 e. The van der Waals surface area contributed by atoms with Gasteiger partial charge in [0.25, 0.3) is 5.91 Å². The van der Waals surface area contributed by atoms with Crippen LogP contribution in [-0.4, -0.2) is 40.0 Å². The molecule has 3 N–H and O–H groups in total. The van der Waals surface area contributed by atoms with Crippen LogP contribution >= 0.6 is 0 Å². The standard InChI is InChI=1S/C21H21N3O3/c25-20(14-6-2-1-3-7-14)23-15-8-9-16-17(13-22-18(16)12-15)19(21(26)27)24-10-4-5-11-24/h1-3,6-9,12-13,19,22H,4-5,10-11H2,(H,23,25)(H,26,27)/t19-/m1/s1. The summed E-state index contributed by atoms with van der Waals surface area (Å²) in [5, 5.41) is 13.5. The number of aliphatic carboxylic acids is 1. The highest BCUT2D eigenvalue weighted by molar-refractivity contribution is 6.05. The molecule has 4 rings (SSSR count). The predicted molar refractivity (Wildman–Crippen MR) is 104 cm³/mol. The number of anilines is 1. The van der Waals surface area contributed by atoms with Crippen LogP contribution in [0.1, 0.15) is 34.8 Å². The lowest BCUT2D eigenvalue weighted by molar-refractivity contribution is -0.143. The van der Waals surface area contributed by atoms with Crippen molar-refractivity contribution in [3.8, 4) is 0 Å². The van der Waals surface area contributed by atoms with Gasteiger partial charge in [0, 0.05) is 33.9 Å². The summed E-state index contributed by atoms with van der Waals surface area (Å²) in [4.78, 5) is 29.4. The fourth-order valence-electron chi connectivity index (χ4n) is 3.73. The third-order valence-corrected chi connectivity index (χ3v) is 5.04. The molecule has 1 fully saturated rings. The van der Waals surface area contributed by atoms with Gasteiger partial charge in [-0.25, -0.2) is 0 Å². The number of benzene rings is 2. The van der Waals surface area contributed by atoms with E-state index in [2.05, 4.69) is 10.3 Å². The number of hydrogen-bond donors (Lipinski definition) is 3. The molecule has 2 aromatic carbocycles. The Bertz CT molecular complexity index is 975. The van der Waals surface area contributed by atoms with Crippen LogP contribution in [0.3, 0.4) is 0 Å². The number of carbonyl (C=O) groups is 2. The molecule has 1 aliphatic heterocycles. The van der Waals surface area contributed by atoms with Crippen LogP contribution in [0.4, 0.5) is 5.69 Å². The maximum atomic E-state index is 12.3. The van der Waals surface area contributed by atoms with E-state index in [-0.39, 0.29) is 5.91 Å². The number of carboxylic acid groups (broad SMARTS) is 1. The highest BCUT2D eigenvalue weighted by atomic mass is 16.4. The second-order valence-corrected chi connectivity index (χ2v) is 6.81. The summed E-state index contributed by atoms with van der Waals surface area (Å²) in [6.07, 6.45) is 3.83. The number of nitrogens with one attached hydrogen (secondary N) is 2. The predicted octanol–water partition coefficient (Wildman–Crippen LogP) is 3.64. The molecule has 1 atom stereocenters. The number of nitrogens with zero attached hydrogens (tertiary/aromatic N) is 1. The summed E-state index contributed by atoms with van der Waals surface area (Å²) in [7, 11) is 0. The molecule has 0 unspecified atom stereocenters. The monoisotopic (exact) mass is 363 g/mol. The van der Waals surface area contributed by atoms with Gasteiger partial charge in [0.1, 0.15) is 6.04 Å². The van der Waals surface area contributed by atoms with E-state index >= 15 is 0 Å². The van der Waals surface area contributed by atoms with Crippen molar-refractivity contribution in [3.63, 3.8) is 0 Å². The first-order valence-electron chi connectivity index (χ1n) is 9.08. The zero-order valence-electron chi connectivity index (χ0n) is 14.8. The van der Waals surface area contributed by atoms with E-state index in [1.165, 1.54) is 0 Å². The largest absolute Gasteiger partial charge is 0.480 e. The first kappa shape index (κ1) is 17.3. The Morgan fingerprint density at radius 3 is 2.52 bits per heavy atom. The van der Waals surface area contributed by atoms with Crippen molar-refractivity contribution in [1.82, 2.24) is 9.88 Å². The summed E-state index contributed by atoms with van der Waals surface area (Å²) in [6, 6.07) is 13.9. The van der Waals surface area contributed by atoms with E-state index in [1.807, 2.05) is 41.3 Å². The Balaban J connectivity index is 1.61. The molecule has 1 saturated heterocycles. The molecule has 6 heteroatoms. The number of amides is 1. The molecular weight excluding hydrogens is 342 g/mol. The maximum Gasteiger partial charge on any atom is 0.325 e.